The first kappa shape index (κ1) is 14.0. The van der Waals surface area contributed by atoms with Crippen LogP contribution in [0.4, 0.5) is 0 Å². The molecule has 0 bridgehead atoms. The van der Waals surface area contributed by atoms with E-state index < -0.39 is 5.97 Å². The summed E-state index contributed by atoms with van der Waals surface area (Å²) < 4.78 is 0. The summed E-state index contributed by atoms with van der Waals surface area (Å²) in [5, 5.41) is 9.39. The number of ketones is 1. The van der Waals surface area contributed by atoms with Gasteiger partial charge < -0.3 is 5.11 Å². The van der Waals surface area contributed by atoms with E-state index in [9.17, 15) is 9.59 Å². The van der Waals surface area contributed by atoms with Gasteiger partial charge in [0, 0.05) is 28.5 Å². The van der Waals surface area contributed by atoms with Gasteiger partial charge in [-0.15, -0.1) is 0 Å². The van der Waals surface area contributed by atoms with Crippen LogP contribution < -0.4 is 0 Å². The summed E-state index contributed by atoms with van der Waals surface area (Å²) in [6, 6.07) is 4.60. The molecule has 92 valence electrons. The molecule has 1 aromatic carbocycles. The lowest BCUT2D eigenvalue weighted by molar-refractivity contribution is -0.137. The Hall–Kier alpha value is -1.06. The predicted octanol–water partition coefficient (Wildman–Crippen LogP) is 3.68. The highest BCUT2D eigenvalue weighted by molar-refractivity contribution is 6.35. The molecule has 1 N–H and O–H groups in total. The lowest BCUT2D eigenvalue weighted by Gasteiger charge is -2.08. The summed E-state index contributed by atoms with van der Waals surface area (Å²) in [5.74, 6) is -1.27. The van der Waals surface area contributed by atoms with E-state index in [0.717, 1.165) is 0 Å². The van der Waals surface area contributed by atoms with Gasteiger partial charge in [0.2, 0.25) is 0 Å². The van der Waals surface area contributed by atoms with Crippen LogP contribution in [0.1, 0.15) is 30.1 Å². The van der Waals surface area contributed by atoms with Crippen LogP contribution in [0.5, 0.6) is 0 Å². The fraction of sp³-hybridized carbons (Fsp3) is 0.333. The van der Waals surface area contributed by atoms with Crippen LogP contribution in [0.15, 0.2) is 18.2 Å². The van der Waals surface area contributed by atoms with E-state index in [1.165, 1.54) is 12.1 Å². The van der Waals surface area contributed by atoms with Crippen molar-refractivity contribution in [2.24, 2.45) is 5.92 Å². The van der Waals surface area contributed by atoms with Crippen LogP contribution >= 0.6 is 23.2 Å². The standard InChI is InChI=1S/C12H12Cl2O3/c1-7(3-12(16)17)2-11(15)8-4-9(13)6-10(14)5-8/h4-7H,2-3H2,1H3,(H,16,17)/t7-/m0/s1. The van der Waals surface area contributed by atoms with Crippen molar-refractivity contribution in [2.75, 3.05) is 0 Å². The van der Waals surface area contributed by atoms with Crippen LogP contribution in [0.3, 0.4) is 0 Å². The van der Waals surface area contributed by atoms with Crippen LogP contribution in [-0.4, -0.2) is 16.9 Å². The van der Waals surface area contributed by atoms with Crippen molar-refractivity contribution >= 4 is 35.0 Å². The van der Waals surface area contributed by atoms with E-state index in [1.807, 2.05) is 0 Å². The molecular weight excluding hydrogens is 263 g/mol. The highest BCUT2D eigenvalue weighted by Crippen LogP contribution is 2.21. The molecule has 0 unspecified atom stereocenters. The largest absolute Gasteiger partial charge is 0.481 e. The summed E-state index contributed by atoms with van der Waals surface area (Å²) in [5.41, 5.74) is 0.416. The van der Waals surface area contributed by atoms with Gasteiger partial charge in [-0.3, -0.25) is 9.59 Å². The fourth-order valence-corrected chi connectivity index (χ4v) is 2.05. The number of carboxylic acids is 1. The molecule has 0 aliphatic heterocycles. The Kier molecular flexibility index (Phi) is 4.97. The molecule has 0 fully saturated rings. The molecule has 0 amide bonds. The van der Waals surface area contributed by atoms with Gasteiger partial charge in [-0.05, 0) is 24.1 Å². The average Bonchev–Trinajstić information content (AvgIpc) is 2.14. The number of hydrogen-bond donors (Lipinski definition) is 1. The lowest BCUT2D eigenvalue weighted by atomic mass is 9.97. The third-order valence-corrected chi connectivity index (χ3v) is 2.68. The molecule has 0 spiro atoms. The summed E-state index contributed by atoms with van der Waals surface area (Å²) >= 11 is 11.6. The first-order valence-electron chi connectivity index (χ1n) is 5.09. The van der Waals surface area contributed by atoms with Crippen molar-refractivity contribution in [2.45, 2.75) is 19.8 Å². The highest BCUT2D eigenvalue weighted by Gasteiger charge is 2.15. The summed E-state index contributed by atoms with van der Waals surface area (Å²) in [6.45, 7) is 1.72. The van der Waals surface area contributed by atoms with Gasteiger partial charge >= 0.3 is 5.97 Å². The van der Waals surface area contributed by atoms with Gasteiger partial charge in [0.15, 0.2) is 5.78 Å². The fourth-order valence-electron chi connectivity index (χ4n) is 1.52. The molecular formula is C12H12Cl2O3. The van der Waals surface area contributed by atoms with E-state index in [2.05, 4.69) is 0 Å². The molecule has 0 aliphatic rings. The van der Waals surface area contributed by atoms with Crippen molar-refractivity contribution in [1.82, 2.24) is 0 Å². The molecule has 5 heteroatoms. The van der Waals surface area contributed by atoms with Crippen molar-refractivity contribution in [3.05, 3.63) is 33.8 Å². The Labute approximate surface area is 109 Å². The maximum absolute atomic E-state index is 11.8. The Morgan fingerprint density at radius 3 is 2.18 bits per heavy atom. The minimum absolute atomic E-state index is 0.0277. The van der Waals surface area contributed by atoms with Crippen molar-refractivity contribution in [3.8, 4) is 0 Å². The van der Waals surface area contributed by atoms with E-state index in [-0.39, 0.29) is 24.5 Å². The number of carbonyl (C=O) groups excluding carboxylic acids is 1. The molecule has 1 rings (SSSR count). The molecule has 1 aromatic rings. The quantitative estimate of drug-likeness (QED) is 0.834. The van der Waals surface area contributed by atoms with E-state index in [4.69, 9.17) is 28.3 Å². The minimum Gasteiger partial charge on any atom is -0.481 e. The number of rotatable bonds is 5. The third-order valence-electron chi connectivity index (χ3n) is 2.24. The zero-order chi connectivity index (χ0) is 13.0. The number of hydrogen-bond acceptors (Lipinski definition) is 2. The highest BCUT2D eigenvalue weighted by atomic mass is 35.5. The number of carbonyl (C=O) groups is 2. The Morgan fingerprint density at radius 2 is 1.71 bits per heavy atom. The Balaban J connectivity index is 2.72. The maximum Gasteiger partial charge on any atom is 0.303 e. The molecule has 0 aliphatic carbocycles. The Bertz CT molecular complexity index is 423. The predicted molar refractivity (Wildman–Crippen MR) is 66.8 cm³/mol. The summed E-state index contributed by atoms with van der Waals surface area (Å²) in [7, 11) is 0. The van der Waals surface area contributed by atoms with Crippen molar-refractivity contribution < 1.29 is 14.7 Å². The van der Waals surface area contributed by atoms with Crippen LogP contribution in [0.2, 0.25) is 10.0 Å². The second-order valence-corrected chi connectivity index (χ2v) is 4.86. The average molecular weight is 275 g/mol. The minimum atomic E-state index is -0.908. The number of benzene rings is 1. The monoisotopic (exact) mass is 274 g/mol. The first-order valence-corrected chi connectivity index (χ1v) is 5.85. The van der Waals surface area contributed by atoms with Crippen LogP contribution in [0, 0.1) is 5.92 Å². The molecule has 1 atom stereocenters. The lowest BCUT2D eigenvalue weighted by Crippen LogP contribution is -2.10. The molecule has 0 saturated heterocycles. The van der Waals surface area contributed by atoms with Gasteiger partial charge in [-0.25, -0.2) is 0 Å². The number of halogens is 2. The van der Waals surface area contributed by atoms with Gasteiger partial charge in [0.05, 0.1) is 0 Å². The van der Waals surface area contributed by atoms with Crippen molar-refractivity contribution in [3.63, 3.8) is 0 Å². The zero-order valence-electron chi connectivity index (χ0n) is 9.24. The number of carboxylic acid groups (broad SMARTS) is 1. The SMILES string of the molecule is C[C@H](CC(=O)O)CC(=O)c1cc(Cl)cc(Cl)c1. The molecule has 3 nitrogen and oxygen atoms in total. The number of aliphatic carboxylic acids is 1. The molecule has 17 heavy (non-hydrogen) atoms. The molecule has 0 radical (unpaired) electrons. The summed E-state index contributed by atoms with van der Waals surface area (Å²) in [4.78, 5) is 22.3. The second-order valence-electron chi connectivity index (χ2n) is 3.99. The maximum atomic E-state index is 11.8. The summed E-state index contributed by atoms with van der Waals surface area (Å²) in [6.07, 6.45) is 0.142. The van der Waals surface area contributed by atoms with Crippen LogP contribution in [-0.2, 0) is 4.79 Å². The van der Waals surface area contributed by atoms with Gasteiger partial charge in [-0.1, -0.05) is 30.1 Å². The van der Waals surface area contributed by atoms with Gasteiger partial charge in [-0.2, -0.15) is 0 Å². The van der Waals surface area contributed by atoms with Crippen LogP contribution in [0.25, 0.3) is 0 Å². The Morgan fingerprint density at radius 1 is 1.18 bits per heavy atom. The molecule has 0 aromatic heterocycles. The molecule has 0 saturated carbocycles. The van der Waals surface area contributed by atoms with E-state index in [0.29, 0.717) is 15.6 Å². The zero-order valence-corrected chi connectivity index (χ0v) is 10.8. The smallest absolute Gasteiger partial charge is 0.303 e. The molecule has 0 heterocycles. The topological polar surface area (TPSA) is 54.4 Å². The third kappa shape index (κ3) is 4.75. The van der Waals surface area contributed by atoms with Gasteiger partial charge in [0.25, 0.3) is 0 Å². The second kappa shape index (κ2) is 6.03. The van der Waals surface area contributed by atoms with Gasteiger partial charge in [0.1, 0.15) is 0 Å². The first-order chi connectivity index (χ1) is 7.88. The van der Waals surface area contributed by atoms with Crippen molar-refractivity contribution in [1.29, 1.82) is 0 Å². The van der Waals surface area contributed by atoms with E-state index >= 15 is 0 Å². The van der Waals surface area contributed by atoms with E-state index in [1.54, 1.807) is 13.0 Å². The normalized spacial score (nSPS) is 12.2. The number of Topliss-reactive ketones (excluding diaryl/α,β-unsaturated/α-hetero) is 1.